The van der Waals surface area contributed by atoms with Crippen molar-refractivity contribution < 1.29 is 0 Å². The van der Waals surface area contributed by atoms with Crippen LogP contribution in [0.15, 0.2) is 18.3 Å². The molecule has 4 heterocycles. The standard InChI is InChI=1S/C17H25N5/c1-2-21-12-4-6-15(21)17-20-14-5-3-9-19-16(14)22(17)13-7-10-18-11-8-13/h3,5,9,13,15,18H,2,4,6-8,10-12H2,1H3. The topological polar surface area (TPSA) is 46.0 Å². The highest BCUT2D eigenvalue weighted by atomic mass is 15.2. The molecule has 0 radical (unpaired) electrons. The van der Waals surface area contributed by atoms with E-state index < -0.39 is 0 Å². The smallest absolute Gasteiger partial charge is 0.160 e. The Morgan fingerprint density at radius 2 is 2.14 bits per heavy atom. The van der Waals surface area contributed by atoms with E-state index in [1.807, 2.05) is 12.3 Å². The van der Waals surface area contributed by atoms with E-state index in [4.69, 9.17) is 4.98 Å². The first-order valence-corrected chi connectivity index (χ1v) is 8.66. The second-order valence-electron chi connectivity index (χ2n) is 6.45. The zero-order chi connectivity index (χ0) is 14.9. The average Bonchev–Trinajstić information content (AvgIpc) is 3.19. The zero-order valence-electron chi connectivity index (χ0n) is 13.3. The molecule has 1 atom stereocenters. The van der Waals surface area contributed by atoms with Gasteiger partial charge in [0.15, 0.2) is 5.65 Å². The van der Waals surface area contributed by atoms with Gasteiger partial charge >= 0.3 is 0 Å². The molecule has 2 aliphatic rings. The fourth-order valence-corrected chi connectivity index (χ4v) is 4.10. The van der Waals surface area contributed by atoms with Crippen LogP contribution in [0.5, 0.6) is 0 Å². The second kappa shape index (κ2) is 5.97. The Labute approximate surface area is 131 Å². The molecule has 2 fully saturated rings. The first kappa shape index (κ1) is 14.2. The molecule has 118 valence electrons. The van der Waals surface area contributed by atoms with E-state index in [1.165, 1.54) is 38.1 Å². The number of piperidine rings is 1. The van der Waals surface area contributed by atoms with E-state index in [0.29, 0.717) is 12.1 Å². The lowest BCUT2D eigenvalue weighted by Crippen LogP contribution is -2.32. The van der Waals surface area contributed by atoms with E-state index in [9.17, 15) is 0 Å². The molecule has 1 N–H and O–H groups in total. The van der Waals surface area contributed by atoms with Crippen molar-refractivity contribution >= 4 is 11.2 Å². The SMILES string of the molecule is CCN1CCCC1c1nc2cccnc2n1C1CCNCC1. The van der Waals surface area contributed by atoms with Crippen molar-refractivity contribution in [2.75, 3.05) is 26.2 Å². The van der Waals surface area contributed by atoms with Gasteiger partial charge in [-0.3, -0.25) is 4.90 Å². The molecule has 2 saturated heterocycles. The minimum atomic E-state index is 0.467. The van der Waals surface area contributed by atoms with Gasteiger partial charge in [0.2, 0.25) is 0 Å². The van der Waals surface area contributed by atoms with Gasteiger partial charge in [-0.1, -0.05) is 6.92 Å². The predicted octanol–water partition coefficient (Wildman–Crippen LogP) is 2.51. The Morgan fingerprint density at radius 1 is 1.27 bits per heavy atom. The van der Waals surface area contributed by atoms with Crippen LogP contribution >= 0.6 is 0 Å². The second-order valence-corrected chi connectivity index (χ2v) is 6.45. The zero-order valence-corrected chi connectivity index (χ0v) is 13.3. The maximum Gasteiger partial charge on any atom is 0.160 e. The highest BCUT2D eigenvalue weighted by Crippen LogP contribution is 2.35. The predicted molar refractivity (Wildman–Crippen MR) is 87.9 cm³/mol. The summed E-state index contributed by atoms with van der Waals surface area (Å²) in [5.41, 5.74) is 2.13. The number of aromatic nitrogens is 3. The number of rotatable bonds is 3. The first-order valence-electron chi connectivity index (χ1n) is 8.66. The third-order valence-corrected chi connectivity index (χ3v) is 5.22. The van der Waals surface area contributed by atoms with Gasteiger partial charge in [0.05, 0.1) is 6.04 Å². The Balaban J connectivity index is 1.82. The summed E-state index contributed by atoms with van der Waals surface area (Å²) >= 11 is 0. The highest BCUT2D eigenvalue weighted by molar-refractivity contribution is 5.71. The van der Waals surface area contributed by atoms with Gasteiger partial charge in [-0.2, -0.15) is 0 Å². The van der Waals surface area contributed by atoms with Gasteiger partial charge < -0.3 is 9.88 Å². The van der Waals surface area contributed by atoms with Crippen LogP contribution in [-0.2, 0) is 0 Å². The molecule has 0 aliphatic carbocycles. The van der Waals surface area contributed by atoms with Crippen LogP contribution in [-0.4, -0.2) is 45.6 Å². The summed E-state index contributed by atoms with van der Waals surface area (Å²) in [5, 5.41) is 3.47. The van der Waals surface area contributed by atoms with Gasteiger partial charge in [0.1, 0.15) is 11.3 Å². The summed E-state index contributed by atoms with van der Waals surface area (Å²) in [5.74, 6) is 1.25. The molecule has 2 aliphatic heterocycles. The lowest BCUT2D eigenvalue weighted by Gasteiger charge is -2.29. The molecule has 5 heteroatoms. The van der Waals surface area contributed by atoms with Crippen molar-refractivity contribution in [1.82, 2.24) is 24.8 Å². The Bertz CT molecular complexity index is 644. The van der Waals surface area contributed by atoms with Crippen molar-refractivity contribution in [2.24, 2.45) is 0 Å². The average molecular weight is 299 g/mol. The molecule has 0 amide bonds. The summed E-state index contributed by atoms with van der Waals surface area (Å²) in [6.45, 7) is 6.75. The molecule has 2 aromatic rings. The molecular weight excluding hydrogens is 274 g/mol. The minimum absolute atomic E-state index is 0.467. The van der Waals surface area contributed by atoms with Gasteiger partial charge in [0.25, 0.3) is 0 Å². The number of fused-ring (bicyclic) bond motifs is 1. The molecule has 4 rings (SSSR count). The number of nitrogens with one attached hydrogen (secondary N) is 1. The number of imidazole rings is 1. The maximum absolute atomic E-state index is 5.01. The van der Waals surface area contributed by atoms with Gasteiger partial charge in [-0.05, 0) is 64.0 Å². The van der Waals surface area contributed by atoms with Crippen molar-refractivity contribution in [3.63, 3.8) is 0 Å². The summed E-state index contributed by atoms with van der Waals surface area (Å²) in [6.07, 6.45) is 6.75. The number of pyridine rings is 1. The fourth-order valence-electron chi connectivity index (χ4n) is 4.10. The molecule has 2 aromatic heterocycles. The van der Waals surface area contributed by atoms with Crippen molar-refractivity contribution in [3.05, 3.63) is 24.2 Å². The summed E-state index contributed by atoms with van der Waals surface area (Å²) < 4.78 is 2.47. The molecule has 5 nitrogen and oxygen atoms in total. The largest absolute Gasteiger partial charge is 0.317 e. The first-order chi connectivity index (χ1) is 10.9. The lowest BCUT2D eigenvalue weighted by molar-refractivity contribution is 0.247. The van der Waals surface area contributed by atoms with E-state index in [2.05, 4.69) is 32.8 Å². The van der Waals surface area contributed by atoms with Crippen LogP contribution < -0.4 is 5.32 Å². The molecule has 0 spiro atoms. The van der Waals surface area contributed by atoms with Crippen LogP contribution in [0.25, 0.3) is 11.2 Å². The van der Waals surface area contributed by atoms with Crippen LogP contribution in [0.2, 0.25) is 0 Å². The number of likely N-dealkylation sites (tertiary alicyclic amines) is 1. The van der Waals surface area contributed by atoms with E-state index in [1.54, 1.807) is 0 Å². The van der Waals surface area contributed by atoms with Gasteiger partial charge in [-0.25, -0.2) is 9.97 Å². The van der Waals surface area contributed by atoms with Crippen LogP contribution in [0.1, 0.15) is 50.5 Å². The normalized spacial score (nSPS) is 24.3. The Kier molecular flexibility index (Phi) is 3.84. The number of nitrogens with zero attached hydrogens (tertiary/aromatic N) is 4. The molecule has 1 unspecified atom stereocenters. The van der Waals surface area contributed by atoms with Crippen molar-refractivity contribution in [1.29, 1.82) is 0 Å². The Morgan fingerprint density at radius 3 is 2.95 bits per heavy atom. The summed E-state index contributed by atoms with van der Waals surface area (Å²) in [4.78, 5) is 12.2. The van der Waals surface area contributed by atoms with E-state index >= 15 is 0 Å². The monoisotopic (exact) mass is 299 g/mol. The van der Waals surface area contributed by atoms with Crippen LogP contribution in [0, 0.1) is 0 Å². The van der Waals surface area contributed by atoms with Crippen LogP contribution in [0.4, 0.5) is 0 Å². The molecule has 0 saturated carbocycles. The van der Waals surface area contributed by atoms with Gasteiger partial charge in [-0.15, -0.1) is 0 Å². The third kappa shape index (κ3) is 2.32. The van der Waals surface area contributed by atoms with Gasteiger partial charge in [0, 0.05) is 12.2 Å². The summed E-state index contributed by atoms with van der Waals surface area (Å²) in [7, 11) is 0. The fraction of sp³-hybridized carbons (Fsp3) is 0.647. The maximum atomic E-state index is 5.01. The minimum Gasteiger partial charge on any atom is -0.317 e. The lowest BCUT2D eigenvalue weighted by atomic mass is 10.1. The Hall–Kier alpha value is -1.46. The summed E-state index contributed by atoms with van der Waals surface area (Å²) in [6, 6.07) is 5.11. The molecular formula is C17H25N5. The van der Waals surface area contributed by atoms with Crippen molar-refractivity contribution in [3.8, 4) is 0 Å². The van der Waals surface area contributed by atoms with Crippen LogP contribution in [0.3, 0.4) is 0 Å². The third-order valence-electron chi connectivity index (χ3n) is 5.22. The van der Waals surface area contributed by atoms with E-state index in [-0.39, 0.29) is 0 Å². The quantitative estimate of drug-likeness (QED) is 0.946. The molecule has 0 bridgehead atoms. The molecule has 0 aromatic carbocycles. The molecule has 22 heavy (non-hydrogen) atoms. The number of hydrogen-bond acceptors (Lipinski definition) is 4. The van der Waals surface area contributed by atoms with Crippen molar-refractivity contribution in [2.45, 2.75) is 44.7 Å². The number of hydrogen-bond donors (Lipinski definition) is 1. The van der Waals surface area contributed by atoms with E-state index in [0.717, 1.165) is 30.8 Å². The highest BCUT2D eigenvalue weighted by Gasteiger charge is 2.32.